The van der Waals surface area contributed by atoms with Gasteiger partial charge >= 0.3 is 33.0 Å². The van der Waals surface area contributed by atoms with Crippen molar-refractivity contribution in [3.05, 3.63) is 99.5 Å². The van der Waals surface area contributed by atoms with Gasteiger partial charge in [0.15, 0.2) is 18.1 Å². The minimum Gasteiger partial charge on any atom is -0.359 e. The van der Waals surface area contributed by atoms with Crippen molar-refractivity contribution in [2.75, 3.05) is 47.6 Å². The van der Waals surface area contributed by atoms with Gasteiger partial charge in [0.25, 0.3) is 0 Å². The van der Waals surface area contributed by atoms with E-state index in [1.54, 1.807) is 14.2 Å². The van der Waals surface area contributed by atoms with Crippen LogP contribution in [0, 0.1) is 33.6 Å². The van der Waals surface area contributed by atoms with Crippen LogP contribution in [-0.2, 0) is 83.2 Å². The van der Waals surface area contributed by atoms with E-state index in [4.69, 9.17) is 37.0 Å². The second kappa shape index (κ2) is 78.3. The smallest absolute Gasteiger partial charge is 0.359 e. The van der Waals surface area contributed by atoms with Crippen LogP contribution in [0.5, 0.6) is 0 Å². The maximum atomic E-state index is 5.44. The molecule has 0 aliphatic rings. The predicted octanol–water partition coefficient (Wildman–Crippen LogP) is 13.7. The van der Waals surface area contributed by atoms with Gasteiger partial charge < -0.3 is 64.7 Å². The summed E-state index contributed by atoms with van der Waals surface area (Å²) in [5.74, 6) is 0.341. The molecular weight excluding hydrogens is 824 g/mol. The van der Waals surface area contributed by atoms with Crippen molar-refractivity contribution in [2.24, 2.45) is 5.92 Å². The molecule has 0 radical (unpaired) electrons. The Morgan fingerprint density at radius 3 is 1.22 bits per heavy atom. The monoisotopic (exact) mass is 908 g/mol. The molecule has 0 aliphatic carbocycles. The van der Waals surface area contributed by atoms with E-state index in [1.807, 2.05) is 116 Å². The van der Waals surface area contributed by atoms with Crippen molar-refractivity contribution in [1.29, 1.82) is 0 Å². The van der Waals surface area contributed by atoms with Crippen LogP contribution in [-0.4, -0.2) is 53.7 Å². The summed E-state index contributed by atoms with van der Waals surface area (Å²) >= 11 is 0. The number of methoxy groups -OCH3 is 2. The third kappa shape index (κ3) is 78.9. The molecular formula is C43H86Ni2O8P2. The molecule has 0 heterocycles. The van der Waals surface area contributed by atoms with Gasteiger partial charge in [0.1, 0.15) is 13.6 Å². The Labute approximate surface area is 367 Å². The summed E-state index contributed by atoms with van der Waals surface area (Å²) in [7, 11) is 3.33. The first-order valence-corrected chi connectivity index (χ1v) is 20.4. The molecule has 0 bridgehead atoms. The van der Waals surface area contributed by atoms with E-state index < -0.39 is 0 Å². The number of hydrogen-bond donors (Lipinski definition) is 0. The molecule has 0 saturated heterocycles. The van der Waals surface area contributed by atoms with Crippen LogP contribution in [0.4, 0.5) is 0 Å². The fraction of sp³-hybridized carbons (Fsp3) is 0.628. The van der Waals surface area contributed by atoms with Crippen LogP contribution in [0.1, 0.15) is 120 Å². The van der Waals surface area contributed by atoms with E-state index in [2.05, 4.69) is 41.5 Å². The molecule has 2 rings (SSSR count). The quantitative estimate of drug-likeness (QED) is 0.0428. The number of hydrogen-bond acceptors (Lipinski definition) is 8. The van der Waals surface area contributed by atoms with Gasteiger partial charge in [-0.15, -0.1) is 0 Å². The summed E-state index contributed by atoms with van der Waals surface area (Å²) in [6, 6.07) is 20.1. The van der Waals surface area contributed by atoms with Gasteiger partial charge in [0.05, 0.1) is 39.1 Å². The molecule has 0 N–H and O–H groups in total. The maximum Gasteiger partial charge on any atom is 2.00 e. The molecule has 0 saturated carbocycles. The first-order valence-electron chi connectivity index (χ1n) is 18.7. The molecule has 0 aliphatic heterocycles. The zero-order chi connectivity index (χ0) is 40.9. The third-order valence-electron chi connectivity index (χ3n) is 4.52. The molecule has 0 aromatic heterocycles. The van der Waals surface area contributed by atoms with Crippen LogP contribution in [0.2, 0.25) is 0 Å². The van der Waals surface area contributed by atoms with Crippen LogP contribution in [0.25, 0.3) is 0 Å². The Hall–Kier alpha value is -0.0330. The van der Waals surface area contributed by atoms with Gasteiger partial charge in [0.2, 0.25) is 0 Å². The topological polar surface area (TPSA) is 73.8 Å². The van der Waals surface area contributed by atoms with Crippen molar-refractivity contribution >= 4 is 18.1 Å². The van der Waals surface area contributed by atoms with E-state index in [0.717, 1.165) is 43.2 Å². The Bertz CT molecular complexity index is 782. The van der Waals surface area contributed by atoms with Crippen LogP contribution in [0.15, 0.2) is 60.7 Å². The van der Waals surface area contributed by atoms with Gasteiger partial charge in [-0.3, -0.25) is 0 Å². The molecule has 0 spiro atoms. The summed E-state index contributed by atoms with van der Waals surface area (Å²) in [4.78, 5) is 0. The van der Waals surface area contributed by atoms with Gasteiger partial charge in [-0.2, -0.15) is 25.7 Å². The molecule has 12 heteroatoms. The summed E-state index contributed by atoms with van der Waals surface area (Å²) in [6.07, 6.45) is 4.96. The summed E-state index contributed by atoms with van der Waals surface area (Å²) < 4.78 is 42.0. The molecule has 4 atom stereocenters. The number of ether oxygens (including phenoxy) is 4. The zero-order valence-corrected chi connectivity index (χ0v) is 40.1. The van der Waals surface area contributed by atoms with E-state index in [-0.39, 0.29) is 64.6 Å². The largest absolute Gasteiger partial charge is 2.00 e. The van der Waals surface area contributed by atoms with Gasteiger partial charge in [0, 0.05) is 20.1 Å². The molecule has 0 fully saturated rings. The van der Waals surface area contributed by atoms with E-state index in [9.17, 15) is 0 Å². The maximum absolute atomic E-state index is 5.44. The number of benzene rings is 2. The summed E-state index contributed by atoms with van der Waals surface area (Å²) in [6.45, 7) is 37.7. The minimum atomic E-state index is 0. The van der Waals surface area contributed by atoms with Gasteiger partial charge in [-0.25, -0.2) is 0 Å². The van der Waals surface area contributed by atoms with Crippen molar-refractivity contribution in [3.8, 4) is 0 Å². The number of rotatable bonds is 20. The van der Waals surface area contributed by atoms with Crippen molar-refractivity contribution < 1.29 is 70.0 Å². The predicted molar refractivity (Wildman–Crippen MR) is 237 cm³/mol. The fourth-order valence-corrected chi connectivity index (χ4v) is 3.81. The fourth-order valence-electron chi connectivity index (χ4n) is 2.59. The van der Waals surface area contributed by atoms with E-state index in [1.165, 1.54) is 0 Å². The van der Waals surface area contributed by atoms with Crippen LogP contribution in [0.3, 0.4) is 0 Å². The van der Waals surface area contributed by atoms with Crippen molar-refractivity contribution in [2.45, 2.75) is 128 Å². The zero-order valence-electron chi connectivity index (χ0n) is 36.1. The molecule has 2 aromatic rings. The Morgan fingerprint density at radius 1 is 0.545 bits per heavy atom. The van der Waals surface area contributed by atoms with Gasteiger partial charge in [-0.05, 0) is 17.5 Å². The molecule has 4 unspecified atom stereocenters. The SMILES string of the molecule is C.CC.CC.CCC(COPOCc1ccccc1)OCOC.COCOCC(C)COPOCc1ccccc1.[CH2-]CC.[CH2-]CC.[CH2-]CC.[CH2-]CC.[Ni+2].[Ni+2]. The average Bonchev–Trinajstić information content (AvgIpc) is 3.17. The van der Waals surface area contributed by atoms with Crippen molar-refractivity contribution in [1.82, 2.24) is 0 Å². The third-order valence-corrected chi connectivity index (χ3v) is 5.61. The summed E-state index contributed by atoms with van der Waals surface area (Å²) in [5, 5.41) is 0. The van der Waals surface area contributed by atoms with E-state index >= 15 is 0 Å². The molecule has 55 heavy (non-hydrogen) atoms. The standard InChI is InChI=1S/2C13H21O4P.4C3H7.2C2H6.CH4.2Ni/c1-12(8-15-11-14-2)9-16-18-17-10-13-6-4-3-5-7-13;1-3-13(15-11-14-2)10-17-18-16-9-12-7-5-4-6-8-12;4*1-3-2;2*1-2;;;/h3-7,12,18H,8-11H2,1-2H3;4-8,13,18H,3,9-11H2,1-2H3;4*1,3H2,2H3;2*1-2H3;1H4;;/q;;4*-1;;;;2*+2. The van der Waals surface area contributed by atoms with E-state index in [0.29, 0.717) is 52.5 Å². The second-order valence-electron chi connectivity index (χ2n) is 9.82. The minimum absolute atomic E-state index is 0. The second-order valence-corrected chi connectivity index (χ2v) is 11.3. The first kappa shape index (κ1) is 75.8. The first-order chi connectivity index (χ1) is 25.3. The van der Waals surface area contributed by atoms with Crippen molar-refractivity contribution in [3.63, 3.8) is 0 Å². The Morgan fingerprint density at radius 2 is 0.891 bits per heavy atom. The Balaban J connectivity index is -0.0000000765. The normalized spacial score (nSPS) is 10.2. The molecule has 0 amide bonds. The Kier molecular flexibility index (Phi) is 108. The summed E-state index contributed by atoms with van der Waals surface area (Å²) in [5.41, 5.74) is 2.31. The average molecular weight is 910 g/mol. The molecule has 336 valence electrons. The van der Waals surface area contributed by atoms with Crippen LogP contribution < -0.4 is 0 Å². The molecule has 2 aromatic carbocycles. The van der Waals surface area contributed by atoms with Crippen LogP contribution >= 0.6 is 18.1 Å². The molecule has 8 nitrogen and oxygen atoms in total. The van der Waals surface area contributed by atoms with Gasteiger partial charge in [-0.1, -0.05) is 137 Å².